The van der Waals surface area contributed by atoms with Crippen LogP contribution in [0.2, 0.25) is 0 Å². The van der Waals surface area contributed by atoms with Gasteiger partial charge < -0.3 is 5.32 Å². The molecule has 0 amide bonds. The lowest BCUT2D eigenvalue weighted by Gasteiger charge is -2.13. The van der Waals surface area contributed by atoms with Gasteiger partial charge in [-0.2, -0.15) is 16.9 Å². The maximum atomic E-state index is 4.53. The van der Waals surface area contributed by atoms with Gasteiger partial charge in [0.05, 0.1) is 6.20 Å². The molecule has 2 atom stereocenters. The Morgan fingerprint density at radius 3 is 3.18 bits per heavy atom. The van der Waals surface area contributed by atoms with Gasteiger partial charge in [0, 0.05) is 23.6 Å². The van der Waals surface area contributed by atoms with Crippen LogP contribution in [0, 0.1) is 0 Å². The van der Waals surface area contributed by atoms with Crippen molar-refractivity contribution >= 4 is 23.2 Å². The minimum absolute atomic E-state index is 0.574. The zero-order chi connectivity index (χ0) is 11.7. The fourth-order valence-corrected chi connectivity index (χ4v) is 3.18. The summed E-state index contributed by atoms with van der Waals surface area (Å²) in [4.78, 5) is 4.53. The van der Waals surface area contributed by atoms with Crippen LogP contribution in [0.3, 0.4) is 0 Å². The average Bonchev–Trinajstić information content (AvgIpc) is 2.96. The topological polar surface area (TPSA) is 42.2 Å². The maximum Gasteiger partial charge on any atom is 0.157 e. The fraction of sp³-hybridized carbons (Fsp3) is 0.500. The van der Waals surface area contributed by atoms with E-state index in [2.05, 4.69) is 21.7 Å². The second kappa shape index (κ2) is 4.56. The van der Waals surface area contributed by atoms with Crippen LogP contribution < -0.4 is 5.32 Å². The van der Waals surface area contributed by atoms with Crippen molar-refractivity contribution < 1.29 is 0 Å². The second-order valence-corrected chi connectivity index (χ2v) is 5.60. The Balaban J connectivity index is 1.72. The smallest absolute Gasteiger partial charge is 0.157 e. The highest BCUT2D eigenvalue weighted by Crippen LogP contribution is 2.29. The van der Waals surface area contributed by atoms with E-state index in [0.717, 1.165) is 16.7 Å². The molecule has 2 heterocycles. The van der Waals surface area contributed by atoms with E-state index in [4.69, 9.17) is 0 Å². The number of nitrogens with one attached hydrogen (secondary N) is 1. The normalized spacial score (nSPS) is 24.3. The highest BCUT2D eigenvalue weighted by Gasteiger charge is 2.23. The molecule has 4 nitrogen and oxygen atoms in total. The fourth-order valence-electron chi connectivity index (χ4n) is 2.39. The van der Waals surface area contributed by atoms with Crippen LogP contribution in [0.15, 0.2) is 24.5 Å². The van der Waals surface area contributed by atoms with Crippen molar-refractivity contribution in [1.82, 2.24) is 14.6 Å². The molecule has 1 N–H and O–H groups in total. The number of aromatic nitrogens is 3. The molecule has 0 aromatic carbocycles. The van der Waals surface area contributed by atoms with Crippen LogP contribution in [0.25, 0.3) is 5.65 Å². The molecular formula is C12H16N4S. The van der Waals surface area contributed by atoms with Gasteiger partial charge in [-0.3, -0.25) is 0 Å². The van der Waals surface area contributed by atoms with E-state index in [-0.39, 0.29) is 0 Å². The molecule has 0 bridgehead atoms. The third kappa shape index (κ3) is 2.24. The van der Waals surface area contributed by atoms with Gasteiger partial charge in [0.2, 0.25) is 0 Å². The number of thioether (sulfide) groups is 1. The third-order valence-corrected chi connectivity index (χ3v) is 4.42. The van der Waals surface area contributed by atoms with Crippen LogP contribution in [0.5, 0.6) is 0 Å². The van der Waals surface area contributed by atoms with E-state index in [9.17, 15) is 0 Å². The quantitative estimate of drug-likeness (QED) is 0.906. The molecule has 0 saturated heterocycles. The van der Waals surface area contributed by atoms with Crippen LogP contribution in [-0.4, -0.2) is 32.1 Å². The van der Waals surface area contributed by atoms with Crippen LogP contribution >= 0.6 is 11.8 Å². The van der Waals surface area contributed by atoms with E-state index in [0.29, 0.717) is 6.04 Å². The summed E-state index contributed by atoms with van der Waals surface area (Å²) in [5.74, 6) is 0.963. The van der Waals surface area contributed by atoms with E-state index in [1.807, 2.05) is 30.1 Å². The molecule has 1 aliphatic rings. The SMILES string of the molecule is CSC1CCC(Nc2ccn3nccc3n2)C1. The monoisotopic (exact) mass is 248 g/mol. The number of nitrogens with zero attached hydrogens (tertiary/aromatic N) is 3. The Morgan fingerprint density at radius 2 is 2.35 bits per heavy atom. The van der Waals surface area contributed by atoms with Crippen LogP contribution in [0.1, 0.15) is 19.3 Å². The van der Waals surface area contributed by atoms with Gasteiger partial charge in [-0.05, 0) is 31.6 Å². The predicted molar refractivity (Wildman–Crippen MR) is 71.6 cm³/mol. The lowest BCUT2D eigenvalue weighted by molar-refractivity contribution is 0.751. The molecular weight excluding hydrogens is 232 g/mol. The van der Waals surface area contributed by atoms with Crippen molar-refractivity contribution in [3.63, 3.8) is 0 Å². The number of rotatable bonds is 3. The van der Waals surface area contributed by atoms with Gasteiger partial charge in [0.15, 0.2) is 5.65 Å². The molecule has 2 aromatic heterocycles. The molecule has 0 spiro atoms. The van der Waals surface area contributed by atoms with Crippen molar-refractivity contribution in [2.75, 3.05) is 11.6 Å². The van der Waals surface area contributed by atoms with E-state index in [1.54, 1.807) is 10.7 Å². The number of fused-ring (bicyclic) bond motifs is 1. The van der Waals surface area contributed by atoms with Crippen molar-refractivity contribution in [2.45, 2.75) is 30.6 Å². The molecule has 90 valence electrons. The first-order chi connectivity index (χ1) is 8.35. The van der Waals surface area contributed by atoms with E-state index >= 15 is 0 Å². The summed E-state index contributed by atoms with van der Waals surface area (Å²) >= 11 is 1.98. The molecule has 2 aromatic rings. The molecule has 1 aliphatic carbocycles. The molecule has 0 radical (unpaired) electrons. The van der Waals surface area contributed by atoms with Gasteiger partial charge >= 0.3 is 0 Å². The first kappa shape index (κ1) is 10.9. The Labute approximate surface area is 105 Å². The zero-order valence-corrected chi connectivity index (χ0v) is 10.7. The molecule has 1 fully saturated rings. The van der Waals surface area contributed by atoms with Gasteiger partial charge in [0.25, 0.3) is 0 Å². The Hall–Kier alpha value is -1.23. The second-order valence-electron chi connectivity index (χ2n) is 4.46. The summed E-state index contributed by atoms with van der Waals surface area (Å²) in [5.41, 5.74) is 0.898. The summed E-state index contributed by atoms with van der Waals surface area (Å²) < 4.78 is 1.78. The number of anilines is 1. The van der Waals surface area contributed by atoms with Crippen molar-refractivity contribution in [3.8, 4) is 0 Å². The molecule has 5 heteroatoms. The van der Waals surface area contributed by atoms with Gasteiger partial charge in [0.1, 0.15) is 5.82 Å². The summed E-state index contributed by atoms with van der Waals surface area (Å²) in [6.07, 6.45) is 9.72. The number of hydrogen-bond donors (Lipinski definition) is 1. The van der Waals surface area contributed by atoms with Crippen LogP contribution in [-0.2, 0) is 0 Å². The lowest BCUT2D eigenvalue weighted by Crippen LogP contribution is -2.17. The third-order valence-electron chi connectivity index (χ3n) is 3.33. The van der Waals surface area contributed by atoms with Gasteiger partial charge in [-0.15, -0.1) is 0 Å². The molecule has 2 unspecified atom stereocenters. The zero-order valence-electron chi connectivity index (χ0n) is 9.84. The van der Waals surface area contributed by atoms with Crippen LogP contribution in [0.4, 0.5) is 5.82 Å². The highest BCUT2D eigenvalue weighted by molar-refractivity contribution is 7.99. The largest absolute Gasteiger partial charge is 0.367 e. The Morgan fingerprint density at radius 1 is 1.41 bits per heavy atom. The lowest BCUT2D eigenvalue weighted by atomic mass is 10.2. The first-order valence-electron chi connectivity index (χ1n) is 5.95. The minimum Gasteiger partial charge on any atom is -0.367 e. The van der Waals surface area contributed by atoms with Crippen molar-refractivity contribution in [1.29, 1.82) is 0 Å². The predicted octanol–water partition coefficient (Wildman–Crippen LogP) is 2.43. The molecule has 1 saturated carbocycles. The Kier molecular flexibility index (Phi) is 2.93. The molecule has 17 heavy (non-hydrogen) atoms. The van der Waals surface area contributed by atoms with Crippen molar-refractivity contribution in [3.05, 3.63) is 24.5 Å². The van der Waals surface area contributed by atoms with Gasteiger partial charge in [-0.1, -0.05) is 0 Å². The molecule has 0 aliphatic heterocycles. The average molecular weight is 248 g/mol. The van der Waals surface area contributed by atoms with Gasteiger partial charge in [-0.25, -0.2) is 9.50 Å². The summed E-state index contributed by atoms with van der Waals surface area (Å²) in [7, 11) is 0. The standard InChI is InChI=1S/C12H16N4S/c1-17-10-3-2-9(8-10)14-11-5-7-16-12(15-11)4-6-13-16/h4-7,9-10H,2-3,8H2,1H3,(H,14,15). The summed E-state index contributed by atoms with van der Waals surface area (Å²) in [6, 6.07) is 4.49. The summed E-state index contributed by atoms with van der Waals surface area (Å²) in [5, 5.41) is 8.47. The summed E-state index contributed by atoms with van der Waals surface area (Å²) in [6.45, 7) is 0. The maximum absolute atomic E-state index is 4.53. The first-order valence-corrected chi connectivity index (χ1v) is 7.23. The number of hydrogen-bond acceptors (Lipinski definition) is 4. The molecule has 3 rings (SSSR count). The minimum atomic E-state index is 0.574. The highest BCUT2D eigenvalue weighted by atomic mass is 32.2. The van der Waals surface area contributed by atoms with E-state index < -0.39 is 0 Å². The van der Waals surface area contributed by atoms with Crippen molar-refractivity contribution in [2.24, 2.45) is 0 Å². The van der Waals surface area contributed by atoms with E-state index in [1.165, 1.54) is 19.3 Å². The Bertz CT molecular complexity index is 510.